The molecule has 0 radical (unpaired) electrons. The van der Waals surface area contributed by atoms with E-state index in [-0.39, 0.29) is 12.6 Å². The van der Waals surface area contributed by atoms with Gasteiger partial charge < -0.3 is 14.7 Å². The van der Waals surface area contributed by atoms with E-state index in [0.717, 1.165) is 17.9 Å². The molecule has 1 N–H and O–H groups in total. The number of aliphatic hydroxyl groups excluding tert-OH is 1. The molecule has 1 atom stereocenters. The Kier molecular flexibility index (Phi) is 2.82. The highest BCUT2D eigenvalue weighted by molar-refractivity contribution is 5.61. The van der Waals surface area contributed by atoms with Crippen molar-refractivity contribution >= 4 is 5.69 Å². The van der Waals surface area contributed by atoms with Crippen LogP contribution in [0.2, 0.25) is 0 Å². The van der Waals surface area contributed by atoms with Crippen molar-refractivity contribution in [2.45, 2.75) is 19.4 Å². The van der Waals surface area contributed by atoms with Crippen LogP contribution in [0.4, 0.5) is 5.69 Å². The Labute approximate surface area is 90.3 Å². The normalized spacial score (nSPS) is 19.7. The summed E-state index contributed by atoms with van der Waals surface area (Å²) >= 11 is 0. The molecule has 0 amide bonds. The van der Waals surface area contributed by atoms with Crippen molar-refractivity contribution in [1.82, 2.24) is 0 Å². The lowest BCUT2D eigenvalue weighted by Crippen LogP contribution is -2.40. The van der Waals surface area contributed by atoms with Crippen LogP contribution in [0.5, 0.6) is 5.75 Å². The molecule has 1 aliphatic heterocycles. The fraction of sp³-hybridized carbons (Fsp3) is 0.500. The van der Waals surface area contributed by atoms with Crippen molar-refractivity contribution in [3.05, 3.63) is 23.8 Å². The number of aliphatic hydroxyl groups is 1. The molecule has 82 valence electrons. The largest absolute Gasteiger partial charge is 0.489 e. The summed E-state index contributed by atoms with van der Waals surface area (Å²) in [4.78, 5) is 2.19. The lowest BCUT2D eigenvalue weighted by molar-refractivity contribution is 0.219. The van der Waals surface area contributed by atoms with E-state index < -0.39 is 0 Å². The highest BCUT2D eigenvalue weighted by atomic mass is 16.5. The van der Waals surface area contributed by atoms with Gasteiger partial charge in [-0.15, -0.1) is 0 Å². The van der Waals surface area contributed by atoms with Gasteiger partial charge in [0.15, 0.2) is 0 Å². The van der Waals surface area contributed by atoms with Gasteiger partial charge in [-0.05, 0) is 31.0 Å². The second kappa shape index (κ2) is 4.11. The molecule has 0 spiro atoms. The Bertz CT molecular complexity index is 351. The number of hydrogen-bond donors (Lipinski definition) is 1. The number of aryl methyl sites for hydroxylation is 1. The van der Waals surface area contributed by atoms with Gasteiger partial charge in [0.05, 0.1) is 11.7 Å². The van der Waals surface area contributed by atoms with Gasteiger partial charge in [-0.1, -0.05) is 6.07 Å². The minimum Gasteiger partial charge on any atom is -0.489 e. The van der Waals surface area contributed by atoms with Crippen molar-refractivity contribution in [3.8, 4) is 5.75 Å². The van der Waals surface area contributed by atoms with Crippen LogP contribution >= 0.6 is 0 Å². The number of rotatable bonds is 2. The summed E-state index contributed by atoms with van der Waals surface area (Å²) in [5.41, 5.74) is 2.33. The molecule has 0 aromatic heterocycles. The summed E-state index contributed by atoms with van der Waals surface area (Å²) in [7, 11) is 2.05. The van der Waals surface area contributed by atoms with Crippen LogP contribution in [0.25, 0.3) is 0 Å². The minimum atomic E-state index is 0.208. The zero-order chi connectivity index (χ0) is 10.8. The second-order valence-corrected chi connectivity index (χ2v) is 4.06. The van der Waals surface area contributed by atoms with Crippen LogP contribution in [-0.2, 0) is 0 Å². The Morgan fingerprint density at radius 3 is 3.07 bits per heavy atom. The Morgan fingerprint density at radius 2 is 2.33 bits per heavy atom. The molecule has 0 bridgehead atoms. The predicted molar refractivity (Wildman–Crippen MR) is 60.6 cm³/mol. The number of anilines is 1. The van der Waals surface area contributed by atoms with E-state index in [4.69, 9.17) is 9.84 Å². The van der Waals surface area contributed by atoms with E-state index in [1.165, 1.54) is 5.56 Å². The lowest BCUT2D eigenvalue weighted by atomic mass is 10.1. The first-order valence-corrected chi connectivity index (χ1v) is 5.29. The van der Waals surface area contributed by atoms with Crippen molar-refractivity contribution in [2.24, 2.45) is 0 Å². The summed E-state index contributed by atoms with van der Waals surface area (Å²) in [6, 6.07) is 6.50. The quantitative estimate of drug-likeness (QED) is 0.799. The molecule has 1 aromatic rings. The number of benzene rings is 1. The molecule has 1 unspecified atom stereocenters. The van der Waals surface area contributed by atoms with E-state index in [1.807, 2.05) is 0 Å². The van der Waals surface area contributed by atoms with E-state index >= 15 is 0 Å². The van der Waals surface area contributed by atoms with Gasteiger partial charge in [0.25, 0.3) is 0 Å². The van der Waals surface area contributed by atoms with E-state index in [0.29, 0.717) is 6.61 Å². The summed E-state index contributed by atoms with van der Waals surface area (Å²) in [5, 5.41) is 8.95. The predicted octanol–water partition coefficient (Wildman–Crippen LogP) is 1.57. The Balaban J connectivity index is 2.26. The summed E-state index contributed by atoms with van der Waals surface area (Å²) < 4.78 is 5.69. The average molecular weight is 207 g/mol. The van der Waals surface area contributed by atoms with Gasteiger partial charge in [0.1, 0.15) is 12.4 Å². The van der Waals surface area contributed by atoms with Gasteiger partial charge in [-0.2, -0.15) is 0 Å². The first kappa shape index (κ1) is 10.3. The molecule has 0 saturated carbocycles. The van der Waals surface area contributed by atoms with Crippen LogP contribution < -0.4 is 9.64 Å². The lowest BCUT2D eigenvalue weighted by Gasteiger charge is -2.35. The SMILES string of the molecule is Cc1ccc2c(c1)OCC(CCO)N2C. The summed E-state index contributed by atoms with van der Waals surface area (Å²) in [6.07, 6.45) is 0.754. The fourth-order valence-electron chi connectivity index (χ4n) is 1.95. The third-order valence-electron chi connectivity index (χ3n) is 2.94. The van der Waals surface area contributed by atoms with Gasteiger partial charge >= 0.3 is 0 Å². The van der Waals surface area contributed by atoms with Gasteiger partial charge in [0.2, 0.25) is 0 Å². The summed E-state index contributed by atoms with van der Waals surface area (Å²) in [6.45, 7) is 2.93. The molecular weight excluding hydrogens is 190 g/mol. The number of fused-ring (bicyclic) bond motifs is 1. The Hall–Kier alpha value is -1.22. The molecule has 3 nitrogen and oxygen atoms in total. The van der Waals surface area contributed by atoms with Crippen molar-refractivity contribution in [2.75, 3.05) is 25.2 Å². The number of nitrogens with zero attached hydrogens (tertiary/aromatic N) is 1. The molecule has 1 aliphatic rings. The Morgan fingerprint density at radius 1 is 1.53 bits per heavy atom. The van der Waals surface area contributed by atoms with Gasteiger partial charge in [-0.3, -0.25) is 0 Å². The first-order valence-electron chi connectivity index (χ1n) is 5.29. The van der Waals surface area contributed by atoms with Crippen molar-refractivity contribution < 1.29 is 9.84 Å². The molecule has 0 fully saturated rings. The second-order valence-electron chi connectivity index (χ2n) is 4.06. The molecule has 3 heteroatoms. The summed E-state index contributed by atoms with van der Waals surface area (Å²) in [5.74, 6) is 0.951. The smallest absolute Gasteiger partial charge is 0.142 e. The maximum atomic E-state index is 8.95. The maximum Gasteiger partial charge on any atom is 0.142 e. The third-order valence-corrected chi connectivity index (χ3v) is 2.94. The minimum absolute atomic E-state index is 0.208. The zero-order valence-corrected chi connectivity index (χ0v) is 9.23. The molecule has 15 heavy (non-hydrogen) atoms. The van der Waals surface area contributed by atoms with Crippen LogP contribution in [0.15, 0.2) is 18.2 Å². The number of hydrogen-bond acceptors (Lipinski definition) is 3. The van der Waals surface area contributed by atoms with Crippen LogP contribution in [0, 0.1) is 6.92 Å². The third kappa shape index (κ3) is 1.92. The van der Waals surface area contributed by atoms with E-state index in [9.17, 15) is 0 Å². The van der Waals surface area contributed by atoms with Crippen molar-refractivity contribution in [3.63, 3.8) is 0 Å². The molecule has 2 rings (SSSR count). The zero-order valence-electron chi connectivity index (χ0n) is 9.23. The highest BCUT2D eigenvalue weighted by Gasteiger charge is 2.23. The van der Waals surface area contributed by atoms with Crippen LogP contribution in [-0.4, -0.2) is 31.4 Å². The maximum absolute atomic E-state index is 8.95. The standard InChI is InChI=1S/C12H17NO2/c1-9-3-4-11-12(7-9)15-8-10(5-6-14)13(11)2/h3-4,7,10,14H,5-6,8H2,1-2H3. The molecule has 1 heterocycles. The molecule has 1 aromatic carbocycles. The fourth-order valence-corrected chi connectivity index (χ4v) is 1.95. The topological polar surface area (TPSA) is 32.7 Å². The van der Waals surface area contributed by atoms with Gasteiger partial charge in [0, 0.05) is 13.7 Å². The monoisotopic (exact) mass is 207 g/mol. The number of likely N-dealkylation sites (N-methyl/N-ethyl adjacent to an activating group) is 1. The van der Waals surface area contributed by atoms with E-state index in [1.54, 1.807) is 0 Å². The van der Waals surface area contributed by atoms with Crippen molar-refractivity contribution in [1.29, 1.82) is 0 Å². The van der Waals surface area contributed by atoms with E-state index in [2.05, 4.69) is 37.1 Å². The molecule has 0 aliphatic carbocycles. The number of ether oxygens (including phenoxy) is 1. The van der Waals surface area contributed by atoms with Crippen LogP contribution in [0.1, 0.15) is 12.0 Å². The highest BCUT2D eigenvalue weighted by Crippen LogP contribution is 2.34. The first-order chi connectivity index (χ1) is 7.22. The molecular formula is C12H17NO2. The van der Waals surface area contributed by atoms with Crippen LogP contribution in [0.3, 0.4) is 0 Å². The molecule has 0 saturated heterocycles. The van der Waals surface area contributed by atoms with Gasteiger partial charge in [-0.25, -0.2) is 0 Å². The average Bonchev–Trinajstić information content (AvgIpc) is 2.22.